The predicted octanol–water partition coefficient (Wildman–Crippen LogP) is 1.74. The van der Waals surface area contributed by atoms with Crippen LogP contribution < -0.4 is 5.32 Å². The third kappa shape index (κ3) is 2.35. The van der Waals surface area contributed by atoms with Crippen LogP contribution in [-0.2, 0) is 0 Å². The first-order valence-electron chi connectivity index (χ1n) is 4.59. The number of aldehydes is 1. The summed E-state index contributed by atoms with van der Waals surface area (Å²) in [5.74, 6) is -0.0179. The van der Waals surface area contributed by atoms with Crippen LogP contribution in [0.15, 0.2) is 12.5 Å². The van der Waals surface area contributed by atoms with Crippen LogP contribution in [-0.4, -0.2) is 34.0 Å². The third-order valence-electron chi connectivity index (χ3n) is 2.08. The van der Waals surface area contributed by atoms with Gasteiger partial charge in [-0.25, -0.2) is 9.97 Å². The van der Waals surface area contributed by atoms with Crippen molar-refractivity contribution in [1.29, 1.82) is 0 Å². The Bertz CT molecular complexity index is 549. The fourth-order valence-corrected chi connectivity index (χ4v) is 1.40. The molecule has 0 aliphatic heterocycles. The van der Waals surface area contributed by atoms with Crippen LogP contribution in [0.3, 0.4) is 0 Å². The number of nitrogens with one attached hydrogen (secondary N) is 2. The van der Waals surface area contributed by atoms with Gasteiger partial charge in [0, 0.05) is 11.8 Å². The van der Waals surface area contributed by atoms with Crippen molar-refractivity contribution in [3.05, 3.63) is 18.1 Å². The van der Waals surface area contributed by atoms with E-state index in [4.69, 9.17) is 0 Å². The molecule has 0 bridgehead atoms. The van der Waals surface area contributed by atoms with Gasteiger partial charge in [-0.3, -0.25) is 4.79 Å². The van der Waals surface area contributed by atoms with Crippen molar-refractivity contribution < 1.29 is 18.0 Å². The second-order valence-electron chi connectivity index (χ2n) is 3.28. The first-order valence-corrected chi connectivity index (χ1v) is 4.59. The number of hydrogen-bond acceptors (Lipinski definition) is 4. The van der Waals surface area contributed by atoms with Crippen molar-refractivity contribution in [2.75, 3.05) is 11.9 Å². The number of hydrogen-bond donors (Lipinski definition) is 2. The summed E-state index contributed by atoms with van der Waals surface area (Å²) >= 11 is 0. The van der Waals surface area contributed by atoms with Crippen molar-refractivity contribution >= 4 is 23.1 Å². The van der Waals surface area contributed by atoms with Crippen molar-refractivity contribution in [3.63, 3.8) is 0 Å². The molecule has 0 radical (unpaired) electrons. The Morgan fingerprint density at radius 2 is 2.18 bits per heavy atom. The fourth-order valence-electron chi connectivity index (χ4n) is 1.40. The first kappa shape index (κ1) is 11.4. The largest absolute Gasteiger partial charge is 0.405 e. The molecule has 5 nitrogen and oxygen atoms in total. The predicted molar refractivity (Wildman–Crippen MR) is 53.8 cm³/mol. The molecule has 0 aromatic carbocycles. The molecule has 0 amide bonds. The van der Waals surface area contributed by atoms with E-state index < -0.39 is 12.7 Å². The smallest absolute Gasteiger partial charge is 0.360 e. The maximum absolute atomic E-state index is 12.1. The minimum Gasteiger partial charge on any atom is -0.360 e. The summed E-state index contributed by atoms with van der Waals surface area (Å²) < 4.78 is 36.2. The molecule has 0 aliphatic carbocycles. The molecule has 0 spiro atoms. The normalized spacial score (nSPS) is 11.7. The van der Waals surface area contributed by atoms with E-state index in [1.54, 1.807) is 0 Å². The molecular weight excluding hydrogens is 237 g/mol. The van der Waals surface area contributed by atoms with Gasteiger partial charge in [0.25, 0.3) is 0 Å². The van der Waals surface area contributed by atoms with Crippen molar-refractivity contribution in [3.8, 4) is 0 Å². The van der Waals surface area contributed by atoms with Crippen LogP contribution in [0.5, 0.6) is 0 Å². The minimum absolute atomic E-state index is 0.0179. The second-order valence-corrected chi connectivity index (χ2v) is 3.28. The number of carbonyl (C=O) groups is 1. The van der Waals surface area contributed by atoms with Gasteiger partial charge in [0.05, 0.1) is 5.39 Å². The second kappa shape index (κ2) is 4.04. The molecule has 0 unspecified atom stereocenters. The lowest BCUT2D eigenvalue weighted by Crippen LogP contribution is -2.22. The van der Waals surface area contributed by atoms with Crippen molar-refractivity contribution in [2.24, 2.45) is 0 Å². The molecule has 17 heavy (non-hydrogen) atoms. The molecule has 2 heterocycles. The Morgan fingerprint density at radius 3 is 2.82 bits per heavy atom. The number of carbonyl (C=O) groups excluding carboxylic acids is 1. The molecular formula is C9H7F3N4O. The molecule has 2 aromatic rings. The molecule has 0 aliphatic rings. The van der Waals surface area contributed by atoms with Gasteiger partial charge in [-0.05, 0) is 0 Å². The molecule has 0 saturated carbocycles. The Hall–Kier alpha value is -2.12. The van der Waals surface area contributed by atoms with Crippen molar-refractivity contribution in [2.45, 2.75) is 6.18 Å². The van der Waals surface area contributed by atoms with Crippen LogP contribution in [0.2, 0.25) is 0 Å². The summed E-state index contributed by atoms with van der Waals surface area (Å²) in [5, 5.41) is 2.39. The summed E-state index contributed by atoms with van der Waals surface area (Å²) in [5.41, 5.74) is 0.525. The number of anilines is 1. The van der Waals surface area contributed by atoms with E-state index in [9.17, 15) is 18.0 Å². The highest BCUT2D eigenvalue weighted by Crippen LogP contribution is 2.23. The molecule has 2 aromatic heterocycles. The van der Waals surface area contributed by atoms with Gasteiger partial charge in [-0.2, -0.15) is 13.2 Å². The topological polar surface area (TPSA) is 70.7 Å². The molecule has 2 rings (SSSR count). The Labute approximate surface area is 93.1 Å². The minimum atomic E-state index is -4.35. The van der Waals surface area contributed by atoms with Crippen LogP contribution in [0.1, 0.15) is 10.4 Å². The van der Waals surface area contributed by atoms with Crippen LogP contribution >= 0.6 is 0 Å². The van der Waals surface area contributed by atoms with Gasteiger partial charge in [-0.1, -0.05) is 0 Å². The third-order valence-corrected chi connectivity index (χ3v) is 2.08. The zero-order valence-electron chi connectivity index (χ0n) is 8.38. The van der Waals surface area contributed by atoms with Gasteiger partial charge < -0.3 is 10.3 Å². The zero-order chi connectivity index (χ0) is 12.5. The standard InChI is InChI=1S/C9H7F3N4O/c10-9(11,12)3-14-8-6-5(2-17)1-13-7(6)15-4-16-8/h1-2,4H,3H2,(H2,13,14,15,16). The van der Waals surface area contributed by atoms with Gasteiger partial charge in [0.15, 0.2) is 6.29 Å². The summed E-state index contributed by atoms with van der Waals surface area (Å²) in [6.07, 6.45) is -1.34. The van der Waals surface area contributed by atoms with Gasteiger partial charge in [0.1, 0.15) is 24.3 Å². The molecule has 90 valence electrons. The molecule has 0 atom stereocenters. The van der Waals surface area contributed by atoms with Crippen LogP contribution in [0.25, 0.3) is 11.0 Å². The Balaban J connectivity index is 2.39. The van der Waals surface area contributed by atoms with E-state index in [1.807, 2.05) is 0 Å². The number of aromatic amines is 1. The maximum Gasteiger partial charge on any atom is 0.405 e. The number of aromatic nitrogens is 3. The van der Waals surface area contributed by atoms with Crippen LogP contribution in [0, 0.1) is 0 Å². The van der Waals surface area contributed by atoms with E-state index in [1.165, 1.54) is 6.20 Å². The van der Waals surface area contributed by atoms with Gasteiger partial charge >= 0.3 is 6.18 Å². The zero-order valence-corrected chi connectivity index (χ0v) is 8.38. The van der Waals surface area contributed by atoms with E-state index in [2.05, 4.69) is 20.3 Å². The lowest BCUT2D eigenvalue weighted by molar-refractivity contribution is -0.115. The van der Waals surface area contributed by atoms with E-state index >= 15 is 0 Å². The Morgan fingerprint density at radius 1 is 1.41 bits per heavy atom. The van der Waals surface area contributed by atoms with E-state index in [0.29, 0.717) is 11.9 Å². The van der Waals surface area contributed by atoms with Crippen molar-refractivity contribution in [1.82, 2.24) is 15.0 Å². The summed E-state index contributed by atoms with van der Waals surface area (Å²) in [6.45, 7) is -1.22. The monoisotopic (exact) mass is 244 g/mol. The molecule has 2 N–H and O–H groups in total. The summed E-state index contributed by atoms with van der Waals surface area (Å²) in [6, 6.07) is 0. The van der Waals surface area contributed by atoms with E-state index in [-0.39, 0.29) is 16.8 Å². The molecule has 0 saturated heterocycles. The lowest BCUT2D eigenvalue weighted by Gasteiger charge is -2.09. The van der Waals surface area contributed by atoms with Gasteiger partial charge in [0.2, 0.25) is 0 Å². The average molecular weight is 244 g/mol. The van der Waals surface area contributed by atoms with E-state index in [0.717, 1.165) is 6.33 Å². The first-order chi connectivity index (χ1) is 8.01. The number of H-pyrrole nitrogens is 1. The lowest BCUT2D eigenvalue weighted by atomic mass is 10.2. The average Bonchev–Trinajstić information content (AvgIpc) is 2.68. The molecule has 8 heteroatoms. The SMILES string of the molecule is O=Cc1c[nH]c2ncnc(NCC(F)(F)F)c12. The number of fused-ring (bicyclic) bond motifs is 1. The highest BCUT2D eigenvalue weighted by atomic mass is 19.4. The summed E-state index contributed by atoms with van der Waals surface area (Å²) in [7, 11) is 0. The fraction of sp³-hybridized carbons (Fsp3) is 0.222. The highest BCUT2D eigenvalue weighted by Gasteiger charge is 2.27. The number of halogens is 3. The Kier molecular flexibility index (Phi) is 2.70. The number of nitrogens with zero attached hydrogens (tertiary/aromatic N) is 2. The van der Waals surface area contributed by atoms with Gasteiger partial charge in [-0.15, -0.1) is 0 Å². The highest BCUT2D eigenvalue weighted by molar-refractivity contribution is 6.01. The summed E-state index contributed by atoms with van der Waals surface area (Å²) in [4.78, 5) is 20.9. The maximum atomic E-state index is 12.1. The number of rotatable bonds is 3. The molecule has 0 fully saturated rings. The number of alkyl halides is 3. The quantitative estimate of drug-likeness (QED) is 0.807. The van der Waals surface area contributed by atoms with Crippen LogP contribution in [0.4, 0.5) is 19.0 Å².